The zero-order valence-corrected chi connectivity index (χ0v) is 17.4. The lowest BCUT2D eigenvalue weighted by Gasteiger charge is -2.12. The molecule has 10 heteroatoms. The summed E-state index contributed by atoms with van der Waals surface area (Å²) in [5.41, 5.74) is -2.16. The van der Waals surface area contributed by atoms with E-state index in [1.165, 1.54) is 0 Å². The Kier molecular flexibility index (Phi) is 7.05. The molecule has 168 valence electrons. The maximum Gasteiger partial charge on any atom is 0.416 e. The molecule has 3 rings (SSSR count). The minimum Gasteiger partial charge on any atom is -0.489 e. The van der Waals surface area contributed by atoms with Crippen molar-refractivity contribution in [3.8, 4) is 5.75 Å². The molecule has 0 aliphatic rings. The molecule has 0 bridgehead atoms. The summed E-state index contributed by atoms with van der Waals surface area (Å²) in [5.74, 6) is 0.478. The van der Waals surface area contributed by atoms with Gasteiger partial charge in [-0.2, -0.15) is 26.3 Å². The monoisotopic (exact) mass is 491 g/mol. The summed E-state index contributed by atoms with van der Waals surface area (Å²) in [6, 6.07) is 12.4. The Labute approximate surface area is 189 Å². The van der Waals surface area contributed by atoms with Crippen molar-refractivity contribution in [1.29, 1.82) is 0 Å². The number of ether oxygens (including phenoxy) is 1. The fraction of sp³-hybridized carbons (Fsp3) is 0.136. The first kappa shape index (κ1) is 23.9. The first-order valence-electron chi connectivity index (χ1n) is 8.92. The van der Waals surface area contributed by atoms with E-state index in [4.69, 9.17) is 27.9 Å². The summed E-state index contributed by atoms with van der Waals surface area (Å²) in [5, 5.41) is 0.936. The Bertz CT molecular complexity index is 1090. The Morgan fingerprint density at radius 3 is 1.91 bits per heavy atom. The highest BCUT2D eigenvalue weighted by Gasteiger charge is 2.36. The van der Waals surface area contributed by atoms with Crippen LogP contribution in [0.15, 0.2) is 65.7 Å². The lowest BCUT2D eigenvalue weighted by Crippen LogP contribution is -2.10. The number of hydrogen-bond acceptors (Lipinski definition) is 2. The molecule has 0 radical (unpaired) electrons. The van der Waals surface area contributed by atoms with Gasteiger partial charge in [0.2, 0.25) is 0 Å². The maximum atomic E-state index is 12.9. The van der Waals surface area contributed by atoms with E-state index in [1.807, 2.05) is 0 Å². The zero-order valence-electron chi connectivity index (χ0n) is 15.9. The molecule has 0 aromatic heterocycles. The van der Waals surface area contributed by atoms with Crippen LogP contribution in [0, 0.1) is 0 Å². The van der Waals surface area contributed by atoms with Crippen LogP contribution in [0.4, 0.5) is 32.0 Å². The number of halogens is 8. The van der Waals surface area contributed by atoms with Crippen molar-refractivity contribution in [3.05, 3.63) is 93.0 Å². The van der Waals surface area contributed by atoms with Gasteiger partial charge in [-0.15, -0.1) is 0 Å². The number of alkyl halides is 6. The molecule has 0 aliphatic heterocycles. The summed E-state index contributed by atoms with van der Waals surface area (Å²) >= 11 is 11.9. The third-order valence-corrected chi connectivity index (χ3v) is 4.81. The SMILES string of the molecule is FC(F)(F)c1cc(/N=C/c2ccc(OCc3ccc(Cl)cc3Cl)cc2)cc(C(F)(F)F)c1. The van der Waals surface area contributed by atoms with Crippen molar-refractivity contribution >= 4 is 35.1 Å². The van der Waals surface area contributed by atoms with Crippen LogP contribution in [0.3, 0.4) is 0 Å². The zero-order chi connectivity index (χ0) is 23.5. The number of hydrogen-bond donors (Lipinski definition) is 0. The third-order valence-electron chi connectivity index (χ3n) is 4.22. The highest BCUT2D eigenvalue weighted by atomic mass is 35.5. The number of rotatable bonds is 5. The predicted molar refractivity (Wildman–Crippen MR) is 111 cm³/mol. The quantitative estimate of drug-likeness (QED) is 0.259. The standard InChI is InChI=1S/C22H13Cl2F6NO/c23-17-4-3-14(20(24)10-17)12-32-19-5-1-13(2-6-19)11-31-18-8-15(21(25,26)27)7-16(9-18)22(28,29)30/h1-11H,12H2/b31-11+. The molecule has 0 saturated carbocycles. The molecular weight excluding hydrogens is 479 g/mol. The van der Waals surface area contributed by atoms with Gasteiger partial charge in [0.25, 0.3) is 0 Å². The second-order valence-electron chi connectivity index (χ2n) is 6.62. The fourth-order valence-corrected chi connectivity index (χ4v) is 3.08. The molecule has 0 N–H and O–H groups in total. The Balaban J connectivity index is 1.74. The second kappa shape index (κ2) is 9.42. The molecular formula is C22H13Cl2F6NO. The topological polar surface area (TPSA) is 21.6 Å². The Morgan fingerprint density at radius 2 is 1.38 bits per heavy atom. The van der Waals surface area contributed by atoms with Crippen LogP contribution >= 0.6 is 23.2 Å². The molecule has 32 heavy (non-hydrogen) atoms. The minimum atomic E-state index is -4.93. The van der Waals surface area contributed by atoms with Gasteiger partial charge in [0.15, 0.2) is 0 Å². The average Bonchev–Trinajstić information content (AvgIpc) is 2.71. The largest absolute Gasteiger partial charge is 0.489 e. The number of aliphatic imine (C=N–C) groups is 1. The van der Waals surface area contributed by atoms with Crippen LogP contribution in [0.5, 0.6) is 5.75 Å². The minimum absolute atomic E-state index is 0.0537. The molecule has 0 saturated heterocycles. The summed E-state index contributed by atoms with van der Waals surface area (Å²) in [6.07, 6.45) is -8.70. The normalized spacial score (nSPS) is 12.4. The molecule has 0 heterocycles. The highest BCUT2D eigenvalue weighted by Crippen LogP contribution is 2.38. The average molecular weight is 492 g/mol. The third kappa shape index (κ3) is 6.40. The number of nitrogens with zero attached hydrogens (tertiary/aromatic N) is 1. The van der Waals surface area contributed by atoms with E-state index in [0.717, 1.165) is 6.21 Å². The van der Waals surface area contributed by atoms with Crippen LogP contribution in [-0.4, -0.2) is 6.21 Å². The van der Waals surface area contributed by atoms with Gasteiger partial charge < -0.3 is 4.74 Å². The molecule has 3 aromatic carbocycles. The summed E-state index contributed by atoms with van der Waals surface area (Å²) < 4.78 is 83.2. The van der Waals surface area contributed by atoms with Gasteiger partial charge in [0.05, 0.1) is 16.8 Å². The summed E-state index contributed by atoms with van der Waals surface area (Å²) in [6.45, 7) is 0.174. The van der Waals surface area contributed by atoms with Crippen molar-refractivity contribution < 1.29 is 31.1 Å². The van der Waals surface area contributed by atoms with Gasteiger partial charge in [-0.1, -0.05) is 29.3 Å². The molecule has 0 amide bonds. The van der Waals surface area contributed by atoms with Crippen LogP contribution in [-0.2, 0) is 19.0 Å². The molecule has 0 unspecified atom stereocenters. The van der Waals surface area contributed by atoms with E-state index >= 15 is 0 Å². The molecule has 0 atom stereocenters. The maximum absolute atomic E-state index is 12.9. The van der Waals surface area contributed by atoms with Crippen molar-refractivity contribution in [2.24, 2.45) is 4.99 Å². The van der Waals surface area contributed by atoms with Gasteiger partial charge in [-0.05, 0) is 60.2 Å². The second-order valence-corrected chi connectivity index (χ2v) is 7.46. The highest BCUT2D eigenvalue weighted by molar-refractivity contribution is 6.35. The molecule has 0 spiro atoms. The molecule has 0 fully saturated rings. The summed E-state index contributed by atoms with van der Waals surface area (Å²) in [7, 11) is 0. The molecule has 2 nitrogen and oxygen atoms in total. The lowest BCUT2D eigenvalue weighted by molar-refractivity contribution is -0.143. The van der Waals surface area contributed by atoms with E-state index in [2.05, 4.69) is 4.99 Å². The van der Waals surface area contributed by atoms with Crippen molar-refractivity contribution in [3.63, 3.8) is 0 Å². The van der Waals surface area contributed by atoms with E-state index < -0.39 is 29.2 Å². The predicted octanol–water partition coefficient (Wildman–Crippen LogP) is 8.36. The van der Waals surface area contributed by atoms with E-state index in [1.54, 1.807) is 42.5 Å². The van der Waals surface area contributed by atoms with E-state index in [-0.39, 0.29) is 12.7 Å². The van der Waals surface area contributed by atoms with Crippen LogP contribution in [0.1, 0.15) is 22.3 Å². The van der Waals surface area contributed by atoms with Gasteiger partial charge >= 0.3 is 12.4 Å². The van der Waals surface area contributed by atoms with Crippen LogP contribution in [0.2, 0.25) is 10.0 Å². The molecule has 3 aromatic rings. The molecule has 0 aliphatic carbocycles. The van der Waals surface area contributed by atoms with E-state index in [0.29, 0.717) is 39.1 Å². The van der Waals surface area contributed by atoms with E-state index in [9.17, 15) is 26.3 Å². The van der Waals surface area contributed by atoms with Gasteiger partial charge in [-0.25, -0.2) is 0 Å². The van der Waals surface area contributed by atoms with Gasteiger partial charge in [0.1, 0.15) is 12.4 Å². The fourth-order valence-electron chi connectivity index (χ4n) is 2.61. The first-order valence-corrected chi connectivity index (χ1v) is 9.68. The summed E-state index contributed by atoms with van der Waals surface area (Å²) in [4.78, 5) is 3.77. The number of benzene rings is 3. The van der Waals surface area contributed by atoms with Crippen LogP contribution in [0.25, 0.3) is 0 Å². The van der Waals surface area contributed by atoms with Crippen molar-refractivity contribution in [2.45, 2.75) is 19.0 Å². The van der Waals surface area contributed by atoms with Crippen molar-refractivity contribution in [2.75, 3.05) is 0 Å². The first-order chi connectivity index (χ1) is 14.9. The smallest absolute Gasteiger partial charge is 0.416 e. The van der Waals surface area contributed by atoms with Crippen molar-refractivity contribution in [1.82, 2.24) is 0 Å². The lowest BCUT2D eigenvalue weighted by atomic mass is 10.1. The Morgan fingerprint density at radius 1 is 0.781 bits per heavy atom. The van der Waals surface area contributed by atoms with Crippen LogP contribution < -0.4 is 4.74 Å². The van der Waals surface area contributed by atoms with Gasteiger partial charge in [-0.3, -0.25) is 4.99 Å². The Hall–Kier alpha value is -2.71. The van der Waals surface area contributed by atoms with Gasteiger partial charge in [0, 0.05) is 21.8 Å².